The quantitative estimate of drug-likeness (QED) is 0.643. The Morgan fingerprint density at radius 2 is 2.05 bits per heavy atom. The monoisotopic (exact) mass is 317 g/mol. The smallest absolute Gasteiger partial charge is 0.287 e. The molecule has 0 aliphatic carbocycles. The molecule has 0 bridgehead atoms. The van der Waals surface area contributed by atoms with Crippen molar-refractivity contribution in [2.24, 2.45) is 5.73 Å². The van der Waals surface area contributed by atoms with E-state index in [1.807, 2.05) is 0 Å². The van der Waals surface area contributed by atoms with Crippen LogP contribution in [0.5, 0.6) is 0 Å². The lowest BCUT2D eigenvalue weighted by Gasteiger charge is -2.12. The van der Waals surface area contributed by atoms with E-state index in [2.05, 4.69) is 10.6 Å². The normalized spacial score (nSPS) is 20.6. The summed E-state index contributed by atoms with van der Waals surface area (Å²) in [5.41, 5.74) is 5.48. The van der Waals surface area contributed by atoms with Crippen LogP contribution in [0.1, 0.15) is 23.4 Å². The van der Waals surface area contributed by atoms with Gasteiger partial charge in [-0.1, -0.05) is 0 Å². The molecule has 4 N–H and O–H groups in total. The van der Waals surface area contributed by atoms with Gasteiger partial charge >= 0.3 is 0 Å². The molecule has 0 spiro atoms. The van der Waals surface area contributed by atoms with Crippen molar-refractivity contribution in [3.63, 3.8) is 0 Å². The SMILES string of the molecule is Cl.NC[C@H]1CC[C@@H](C(=O)NCCNC(=O)c2ccco2)O1. The molecule has 21 heavy (non-hydrogen) atoms. The third kappa shape index (κ3) is 5.04. The van der Waals surface area contributed by atoms with E-state index in [-0.39, 0.29) is 36.1 Å². The highest BCUT2D eigenvalue weighted by molar-refractivity contribution is 5.91. The van der Waals surface area contributed by atoms with Crippen LogP contribution >= 0.6 is 12.4 Å². The van der Waals surface area contributed by atoms with Gasteiger partial charge in [-0.05, 0) is 25.0 Å². The van der Waals surface area contributed by atoms with Gasteiger partial charge in [0.1, 0.15) is 6.10 Å². The van der Waals surface area contributed by atoms with Crippen LogP contribution < -0.4 is 16.4 Å². The number of nitrogens with two attached hydrogens (primary N) is 1. The molecular weight excluding hydrogens is 298 g/mol. The van der Waals surface area contributed by atoms with Gasteiger partial charge in [0.25, 0.3) is 5.91 Å². The minimum atomic E-state index is -0.427. The maximum Gasteiger partial charge on any atom is 0.287 e. The molecule has 1 aliphatic heterocycles. The number of furan rings is 1. The number of hydrogen-bond acceptors (Lipinski definition) is 5. The predicted octanol–water partition coefficient (Wildman–Crippen LogP) is 0.0537. The zero-order chi connectivity index (χ0) is 14.4. The molecule has 0 saturated carbocycles. The van der Waals surface area contributed by atoms with Crippen molar-refractivity contribution in [1.82, 2.24) is 10.6 Å². The minimum absolute atomic E-state index is 0. The molecule has 1 saturated heterocycles. The summed E-state index contributed by atoms with van der Waals surface area (Å²) < 4.78 is 10.4. The number of amides is 2. The molecule has 2 rings (SSSR count). The summed E-state index contributed by atoms with van der Waals surface area (Å²) >= 11 is 0. The number of nitrogens with one attached hydrogen (secondary N) is 2. The zero-order valence-corrected chi connectivity index (χ0v) is 12.4. The van der Waals surface area contributed by atoms with E-state index >= 15 is 0 Å². The first-order chi connectivity index (χ1) is 9.70. The lowest BCUT2D eigenvalue weighted by atomic mass is 10.2. The molecule has 118 valence electrons. The molecule has 7 nitrogen and oxygen atoms in total. The predicted molar refractivity (Wildman–Crippen MR) is 78.2 cm³/mol. The zero-order valence-electron chi connectivity index (χ0n) is 11.5. The molecule has 8 heteroatoms. The fourth-order valence-electron chi connectivity index (χ4n) is 2.04. The number of carbonyl (C=O) groups is 2. The first-order valence-electron chi connectivity index (χ1n) is 6.65. The van der Waals surface area contributed by atoms with Gasteiger partial charge in [-0.15, -0.1) is 12.4 Å². The Bertz CT molecular complexity index is 452. The van der Waals surface area contributed by atoms with Gasteiger partial charge < -0.3 is 25.5 Å². The molecular formula is C13H20ClN3O4. The Kier molecular flexibility index (Phi) is 7.21. The molecule has 0 aromatic carbocycles. The highest BCUT2D eigenvalue weighted by Gasteiger charge is 2.29. The number of ether oxygens (including phenoxy) is 1. The topological polar surface area (TPSA) is 107 Å². The molecule has 1 aromatic rings. The second-order valence-electron chi connectivity index (χ2n) is 4.58. The summed E-state index contributed by atoms with van der Waals surface area (Å²) in [5, 5.41) is 5.36. The first-order valence-corrected chi connectivity index (χ1v) is 6.65. The Balaban J connectivity index is 0.00000220. The second kappa shape index (κ2) is 8.66. The van der Waals surface area contributed by atoms with Gasteiger partial charge in [0.15, 0.2) is 5.76 Å². The molecule has 0 unspecified atom stereocenters. The summed E-state index contributed by atoms with van der Waals surface area (Å²) in [7, 11) is 0. The molecule has 2 atom stereocenters. The van der Waals surface area contributed by atoms with E-state index in [1.165, 1.54) is 6.26 Å². The third-order valence-electron chi connectivity index (χ3n) is 3.12. The average Bonchev–Trinajstić information content (AvgIpc) is 3.13. The Morgan fingerprint density at radius 3 is 2.67 bits per heavy atom. The maximum absolute atomic E-state index is 11.8. The summed E-state index contributed by atoms with van der Waals surface area (Å²) in [6.45, 7) is 1.11. The number of hydrogen-bond donors (Lipinski definition) is 3. The minimum Gasteiger partial charge on any atom is -0.459 e. The molecule has 2 heterocycles. The number of halogens is 1. The van der Waals surface area contributed by atoms with Crippen molar-refractivity contribution >= 4 is 24.2 Å². The molecule has 1 fully saturated rings. The summed E-state index contributed by atoms with van der Waals surface area (Å²) in [6.07, 6.45) is 2.48. The third-order valence-corrected chi connectivity index (χ3v) is 3.12. The van der Waals surface area contributed by atoms with Crippen LogP contribution in [0.3, 0.4) is 0 Å². The van der Waals surface area contributed by atoms with E-state index in [1.54, 1.807) is 12.1 Å². The lowest BCUT2D eigenvalue weighted by molar-refractivity contribution is -0.131. The van der Waals surface area contributed by atoms with Crippen molar-refractivity contribution < 1.29 is 18.7 Å². The Hall–Kier alpha value is -1.57. The first kappa shape index (κ1) is 17.5. The van der Waals surface area contributed by atoms with Gasteiger partial charge in [-0.25, -0.2) is 0 Å². The van der Waals surface area contributed by atoms with Crippen molar-refractivity contribution in [2.75, 3.05) is 19.6 Å². The van der Waals surface area contributed by atoms with E-state index in [4.69, 9.17) is 14.9 Å². The van der Waals surface area contributed by atoms with Gasteiger partial charge in [0.2, 0.25) is 5.91 Å². The van der Waals surface area contributed by atoms with Gasteiger partial charge in [-0.3, -0.25) is 9.59 Å². The van der Waals surface area contributed by atoms with Gasteiger partial charge in [0, 0.05) is 19.6 Å². The summed E-state index contributed by atoms with van der Waals surface area (Å²) in [4.78, 5) is 23.3. The largest absolute Gasteiger partial charge is 0.459 e. The number of rotatable bonds is 6. The van der Waals surface area contributed by atoms with Crippen LogP contribution in [-0.4, -0.2) is 43.7 Å². The van der Waals surface area contributed by atoms with Crippen LogP contribution in [0, 0.1) is 0 Å². The molecule has 0 radical (unpaired) electrons. The van der Waals surface area contributed by atoms with Gasteiger partial charge in [0.05, 0.1) is 12.4 Å². The lowest BCUT2D eigenvalue weighted by Crippen LogP contribution is -2.40. The highest BCUT2D eigenvalue weighted by Crippen LogP contribution is 2.18. The second-order valence-corrected chi connectivity index (χ2v) is 4.58. The van der Waals surface area contributed by atoms with E-state index in [9.17, 15) is 9.59 Å². The highest BCUT2D eigenvalue weighted by atomic mass is 35.5. The molecule has 2 amide bonds. The standard InChI is InChI=1S/C13H19N3O4.ClH/c14-8-9-3-4-11(20-9)13(18)16-6-5-15-12(17)10-2-1-7-19-10;/h1-2,7,9,11H,3-6,8,14H2,(H,15,17)(H,16,18);1H/t9-,11+;/m1./s1. The van der Waals surface area contributed by atoms with E-state index < -0.39 is 6.10 Å². The van der Waals surface area contributed by atoms with E-state index in [0.29, 0.717) is 26.1 Å². The summed E-state index contributed by atoms with van der Waals surface area (Å²) in [6, 6.07) is 3.22. The van der Waals surface area contributed by atoms with Crippen LogP contribution in [0.25, 0.3) is 0 Å². The maximum atomic E-state index is 11.8. The number of carbonyl (C=O) groups excluding carboxylic acids is 2. The Labute approximate surface area is 129 Å². The van der Waals surface area contributed by atoms with Crippen LogP contribution in [0.2, 0.25) is 0 Å². The van der Waals surface area contributed by atoms with E-state index in [0.717, 1.165) is 6.42 Å². The van der Waals surface area contributed by atoms with Crippen LogP contribution in [0.4, 0.5) is 0 Å². The molecule has 1 aliphatic rings. The Morgan fingerprint density at radius 1 is 1.29 bits per heavy atom. The fraction of sp³-hybridized carbons (Fsp3) is 0.538. The average molecular weight is 318 g/mol. The van der Waals surface area contributed by atoms with Crippen molar-refractivity contribution in [3.05, 3.63) is 24.2 Å². The molecule has 1 aromatic heterocycles. The van der Waals surface area contributed by atoms with Crippen molar-refractivity contribution in [2.45, 2.75) is 25.0 Å². The van der Waals surface area contributed by atoms with Crippen LogP contribution in [0.15, 0.2) is 22.8 Å². The summed E-state index contributed by atoms with van der Waals surface area (Å²) in [5.74, 6) is -0.209. The fourth-order valence-corrected chi connectivity index (χ4v) is 2.04. The van der Waals surface area contributed by atoms with Crippen molar-refractivity contribution in [1.29, 1.82) is 0 Å². The van der Waals surface area contributed by atoms with Crippen molar-refractivity contribution in [3.8, 4) is 0 Å². The van der Waals surface area contributed by atoms with Crippen LogP contribution in [-0.2, 0) is 9.53 Å². The van der Waals surface area contributed by atoms with Gasteiger partial charge in [-0.2, -0.15) is 0 Å².